The molecule has 0 aromatic heterocycles. The molecular weight excluding hydrogens is 268 g/mol. The van der Waals surface area contributed by atoms with Crippen LogP contribution in [0.2, 0.25) is 0 Å². The highest BCUT2D eigenvalue weighted by Gasteiger charge is 2.27. The molecule has 0 aromatic rings. The van der Waals surface area contributed by atoms with Gasteiger partial charge in [-0.25, -0.2) is 17.9 Å². The summed E-state index contributed by atoms with van der Waals surface area (Å²) >= 11 is 0. The summed E-state index contributed by atoms with van der Waals surface area (Å²) in [6, 6.07) is 0. The Hall–Kier alpha value is -0.820. The van der Waals surface area contributed by atoms with Crippen LogP contribution in [0.1, 0.15) is 33.6 Å². The monoisotopic (exact) mass is 292 g/mol. The quantitative estimate of drug-likeness (QED) is 0.847. The van der Waals surface area contributed by atoms with Gasteiger partial charge in [0.05, 0.1) is 6.26 Å². The third-order valence-electron chi connectivity index (χ3n) is 2.80. The average molecular weight is 292 g/mol. The van der Waals surface area contributed by atoms with Crippen LogP contribution in [0.4, 0.5) is 4.79 Å². The number of ether oxygens (including phenoxy) is 1. The van der Waals surface area contributed by atoms with E-state index in [1.54, 1.807) is 4.90 Å². The van der Waals surface area contributed by atoms with E-state index in [-0.39, 0.29) is 12.0 Å². The van der Waals surface area contributed by atoms with Gasteiger partial charge in [0, 0.05) is 19.6 Å². The number of likely N-dealkylation sites (tertiary alicyclic amines) is 1. The van der Waals surface area contributed by atoms with Crippen molar-refractivity contribution in [3.8, 4) is 0 Å². The summed E-state index contributed by atoms with van der Waals surface area (Å²) in [5.41, 5.74) is -0.505. The second-order valence-electron chi connectivity index (χ2n) is 6.06. The number of sulfonamides is 1. The van der Waals surface area contributed by atoms with Crippen molar-refractivity contribution in [3.63, 3.8) is 0 Å². The van der Waals surface area contributed by atoms with Crippen LogP contribution in [0.15, 0.2) is 0 Å². The van der Waals surface area contributed by atoms with E-state index in [4.69, 9.17) is 4.74 Å². The molecule has 1 aliphatic rings. The summed E-state index contributed by atoms with van der Waals surface area (Å²) in [6.07, 6.45) is 2.61. The van der Waals surface area contributed by atoms with Gasteiger partial charge >= 0.3 is 6.09 Å². The first-order valence-electron chi connectivity index (χ1n) is 6.49. The van der Waals surface area contributed by atoms with Crippen molar-refractivity contribution in [3.05, 3.63) is 0 Å². The molecule has 1 atom stereocenters. The van der Waals surface area contributed by atoms with Gasteiger partial charge in [-0.2, -0.15) is 0 Å². The van der Waals surface area contributed by atoms with E-state index < -0.39 is 15.6 Å². The number of rotatable bonds is 3. The van der Waals surface area contributed by atoms with Crippen molar-refractivity contribution in [1.29, 1.82) is 0 Å². The zero-order chi connectivity index (χ0) is 14.7. The second kappa shape index (κ2) is 6.09. The minimum Gasteiger partial charge on any atom is -0.444 e. The minimum atomic E-state index is -3.17. The third kappa shape index (κ3) is 6.77. The molecule has 0 aliphatic carbocycles. The van der Waals surface area contributed by atoms with Crippen LogP contribution in [-0.2, 0) is 14.8 Å². The van der Waals surface area contributed by atoms with Gasteiger partial charge in [0.1, 0.15) is 5.60 Å². The molecule has 1 unspecified atom stereocenters. The van der Waals surface area contributed by atoms with Gasteiger partial charge in [-0.3, -0.25) is 0 Å². The Labute approximate surface area is 115 Å². The molecule has 1 rings (SSSR count). The van der Waals surface area contributed by atoms with Crippen molar-refractivity contribution < 1.29 is 17.9 Å². The molecule has 1 fully saturated rings. The summed E-state index contributed by atoms with van der Waals surface area (Å²) < 4.78 is 29.9. The molecule has 112 valence electrons. The lowest BCUT2D eigenvalue weighted by Crippen LogP contribution is -2.45. The van der Waals surface area contributed by atoms with Gasteiger partial charge in [0.25, 0.3) is 0 Å². The Morgan fingerprint density at radius 1 is 1.42 bits per heavy atom. The summed E-state index contributed by atoms with van der Waals surface area (Å²) in [4.78, 5) is 13.6. The van der Waals surface area contributed by atoms with E-state index >= 15 is 0 Å². The zero-order valence-electron chi connectivity index (χ0n) is 12.1. The first kappa shape index (κ1) is 16.2. The number of carbonyl (C=O) groups is 1. The molecule has 1 aliphatic heterocycles. The standard InChI is InChI=1S/C12H24N2O4S/c1-12(2,3)18-11(15)14-7-5-6-10(9-14)8-13-19(4,16)17/h10,13H,5-9H2,1-4H3. The van der Waals surface area contributed by atoms with Crippen molar-refractivity contribution in [2.75, 3.05) is 25.9 Å². The molecule has 1 saturated heterocycles. The molecule has 6 nitrogen and oxygen atoms in total. The fourth-order valence-electron chi connectivity index (χ4n) is 1.99. The molecule has 0 aromatic carbocycles. The summed E-state index contributed by atoms with van der Waals surface area (Å²) in [5, 5.41) is 0. The van der Waals surface area contributed by atoms with Crippen molar-refractivity contribution in [2.24, 2.45) is 5.92 Å². The van der Waals surface area contributed by atoms with Crippen molar-refractivity contribution >= 4 is 16.1 Å². The van der Waals surface area contributed by atoms with Gasteiger partial charge in [-0.15, -0.1) is 0 Å². The van der Waals surface area contributed by atoms with Crippen LogP contribution in [-0.4, -0.2) is 50.9 Å². The number of nitrogens with zero attached hydrogens (tertiary/aromatic N) is 1. The Morgan fingerprint density at radius 2 is 2.05 bits per heavy atom. The maximum Gasteiger partial charge on any atom is 0.410 e. The molecule has 1 amide bonds. The van der Waals surface area contributed by atoms with Gasteiger partial charge in [0.2, 0.25) is 10.0 Å². The van der Waals surface area contributed by atoms with E-state index in [1.165, 1.54) is 0 Å². The molecule has 1 heterocycles. The lowest BCUT2D eigenvalue weighted by molar-refractivity contribution is 0.0169. The molecule has 19 heavy (non-hydrogen) atoms. The largest absolute Gasteiger partial charge is 0.444 e. The minimum absolute atomic E-state index is 0.149. The van der Waals surface area contributed by atoms with Crippen molar-refractivity contribution in [1.82, 2.24) is 9.62 Å². The van der Waals surface area contributed by atoms with E-state index in [0.29, 0.717) is 19.6 Å². The smallest absolute Gasteiger partial charge is 0.410 e. The fraction of sp³-hybridized carbons (Fsp3) is 0.917. The molecule has 0 saturated carbocycles. The van der Waals surface area contributed by atoms with Crippen LogP contribution >= 0.6 is 0 Å². The maximum atomic E-state index is 11.9. The first-order valence-corrected chi connectivity index (χ1v) is 8.38. The molecule has 1 N–H and O–H groups in total. The predicted octanol–water partition coefficient (Wildman–Crippen LogP) is 1.18. The normalized spacial score (nSPS) is 21.3. The number of nitrogens with one attached hydrogen (secondary N) is 1. The highest BCUT2D eigenvalue weighted by Crippen LogP contribution is 2.18. The number of carbonyl (C=O) groups excluding carboxylic acids is 1. The van der Waals surface area contributed by atoms with Crippen molar-refractivity contribution in [2.45, 2.75) is 39.2 Å². The first-order chi connectivity index (χ1) is 8.57. The predicted molar refractivity (Wildman–Crippen MR) is 73.4 cm³/mol. The Bertz CT molecular complexity index is 414. The lowest BCUT2D eigenvalue weighted by atomic mass is 9.99. The van der Waals surface area contributed by atoms with Gasteiger partial charge in [-0.05, 0) is 39.5 Å². The second-order valence-corrected chi connectivity index (χ2v) is 7.89. The number of piperidine rings is 1. The fourth-order valence-corrected chi connectivity index (χ4v) is 2.53. The van der Waals surface area contributed by atoms with Gasteiger partial charge in [-0.1, -0.05) is 0 Å². The highest BCUT2D eigenvalue weighted by atomic mass is 32.2. The number of hydrogen-bond acceptors (Lipinski definition) is 4. The molecular formula is C12H24N2O4S. The average Bonchev–Trinajstić information content (AvgIpc) is 2.23. The maximum absolute atomic E-state index is 11.9. The SMILES string of the molecule is CC(C)(C)OC(=O)N1CCCC(CNS(C)(=O)=O)C1. The Kier molecular flexibility index (Phi) is 5.20. The van der Waals surface area contributed by atoms with E-state index in [1.807, 2.05) is 20.8 Å². The van der Waals surface area contributed by atoms with Crippen LogP contribution < -0.4 is 4.72 Å². The van der Waals surface area contributed by atoms with E-state index in [0.717, 1.165) is 19.1 Å². The van der Waals surface area contributed by atoms with Gasteiger partial charge in [0.15, 0.2) is 0 Å². The molecule has 0 bridgehead atoms. The summed E-state index contributed by atoms with van der Waals surface area (Å²) in [5.74, 6) is 0.149. The van der Waals surface area contributed by atoms with Crippen LogP contribution in [0.5, 0.6) is 0 Å². The number of amides is 1. The van der Waals surface area contributed by atoms with Crippen LogP contribution in [0.25, 0.3) is 0 Å². The zero-order valence-corrected chi connectivity index (χ0v) is 12.9. The van der Waals surface area contributed by atoms with Crippen LogP contribution in [0.3, 0.4) is 0 Å². The third-order valence-corrected chi connectivity index (χ3v) is 3.50. The molecule has 0 spiro atoms. The summed E-state index contributed by atoms with van der Waals surface area (Å²) in [6.45, 7) is 7.08. The van der Waals surface area contributed by atoms with E-state index in [9.17, 15) is 13.2 Å². The molecule has 7 heteroatoms. The lowest BCUT2D eigenvalue weighted by Gasteiger charge is -2.34. The highest BCUT2D eigenvalue weighted by molar-refractivity contribution is 7.88. The van der Waals surface area contributed by atoms with Crippen LogP contribution in [0, 0.1) is 5.92 Å². The topological polar surface area (TPSA) is 75.7 Å². The molecule has 0 radical (unpaired) electrons. The van der Waals surface area contributed by atoms with Gasteiger partial charge < -0.3 is 9.64 Å². The van der Waals surface area contributed by atoms with E-state index in [2.05, 4.69) is 4.72 Å². The summed E-state index contributed by atoms with van der Waals surface area (Å²) in [7, 11) is -3.17. The Balaban J connectivity index is 2.48. The Morgan fingerprint density at radius 3 is 2.58 bits per heavy atom. The number of hydrogen-bond donors (Lipinski definition) is 1.